The van der Waals surface area contributed by atoms with E-state index in [-0.39, 0.29) is 5.60 Å². The second-order valence-electron chi connectivity index (χ2n) is 5.22. The van der Waals surface area contributed by atoms with Gasteiger partial charge >= 0.3 is 0 Å². The summed E-state index contributed by atoms with van der Waals surface area (Å²) in [4.78, 5) is 11.8. The van der Waals surface area contributed by atoms with Crippen LogP contribution < -0.4 is 0 Å². The molecule has 3 heteroatoms. The molecular weight excluding hydrogens is 248 g/mol. The summed E-state index contributed by atoms with van der Waals surface area (Å²) in [5.41, 5.74) is -0.376. The van der Waals surface area contributed by atoms with E-state index in [9.17, 15) is 4.79 Å². The molecule has 0 atom stereocenters. The SMILES string of the molecule is CCCCCCC(=O)CC(C)(C)OC/C=C/CCl. The number of carbonyl (C=O) groups is 1. The number of hydrogen-bond donors (Lipinski definition) is 0. The zero-order valence-corrected chi connectivity index (χ0v) is 12.8. The molecule has 0 unspecified atom stereocenters. The molecule has 0 aliphatic carbocycles. The average molecular weight is 275 g/mol. The van der Waals surface area contributed by atoms with Crippen LogP contribution in [-0.2, 0) is 9.53 Å². The predicted octanol–water partition coefficient (Wildman–Crippen LogP) is 4.51. The molecule has 0 aliphatic rings. The van der Waals surface area contributed by atoms with E-state index in [0.29, 0.717) is 31.1 Å². The molecule has 0 fully saturated rings. The third-order valence-electron chi connectivity index (χ3n) is 2.76. The fourth-order valence-corrected chi connectivity index (χ4v) is 1.89. The van der Waals surface area contributed by atoms with Gasteiger partial charge in [-0.25, -0.2) is 0 Å². The highest BCUT2D eigenvalue weighted by molar-refractivity contribution is 6.18. The van der Waals surface area contributed by atoms with E-state index >= 15 is 0 Å². The molecule has 0 saturated heterocycles. The largest absolute Gasteiger partial charge is 0.371 e. The lowest BCUT2D eigenvalue weighted by Gasteiger charge is -2.23. The first-order valence-electron chi connectivity index (χ1n) is 6.88. The third-order valence-corrected chi connectivity index (χ3v) is 2.94. The number of Topliss-reactive ketones (excluding diaryl/α,β-unsaturated/α-hetero) is 1. The zero-order valence-electron chi connectivity index (χ0n) is 12.0. The van der Waals surface area contributed by atoms with Gasteiger partial charge in [-0.05, 0) is 20.3 Å². The summed E-state index contributed by atoms with van der Waals surface area (Å²) in [7, 11) is 0. The number of hydrogen-bond acceptors (Lipinski definition) is 2. The molecule has 0 saturated carbocycles. The first kappa shape index (κ1) is 17.7. The Labute approximate surface area is 117 Å². The lowest BCUT2D eigenvalue weighted by Crippen LogP contribution is -2.28. The van der Waals surface area contributed by atoms with Crippen molar-refractivity contribution in [1.82, 2.24) is 0 Å². The van der Waals surface area contributed by atoms with Gasteiger partial charge in [-0.3, -0.25) is 4.79 Å². The monoisotopic (exact) mass is 274 g/mol. The van der Waals surface area contributed by atoms with Crippen LogP contribution in [0.2, 0.25) is 0 Å². The number of unbranched alkanes of at least 4 members (excludes halogenated alkanes) is 3. The second kappa shape index (κ2) is 10.6. The average Bonchev–Trinajstić information content (AvgIpc) is 2.30. The quantitative estimate of drug-likeness (QED) is 0.315. The lowest BCUT2D eigenvalue weighted by atomic mass is 9.98. The highest BCUT2D eigenvalue weighted by Crippen LogP contribution is 2.17. The molecule has 2 nitrogen and oxygen atoms in total. The minimum absolute atomic E-state index is 0.303. The van der Waals surface area contributed by atoms with E-state index in [2.05, 4.69) is 6.92 Å². The molecule has 0 amide bonds. The maximum atomic E-state index is 11.8. The summed E-state index contributed by atoms with van der Waals surface area (Å²) in [6.45, 7) is 6.62. The Kier molecular flexibility index (Phi) is 10.4. The number of ketones is 1. The first-order chi connectivity index (χ1) is 8.52. The fraction of sp³-hybridized carbons (Fsp3) is 0.800. The van der Waals surface area contributed by atoms with E-state index < -0.39 is 0 Å². The normalized spacial score (nSPS) is 12.2. The van der Waals surface area contributed by atoms with Crippen molar-refractivity contribution < 1.29 is 9.53 Å². The van der Waals surface area contributed by atoms with Crippen molar-refractivity contribution in [3.05, 3.63) is 12.2 Å². The topological polar surface area (TPSA) is 26.3 Å². The van der Waals surface area contributed by atoms with Gasteiger partial charge in [0.1, 0.15) is 5.78 Å². The molecule has 0 spiro atoms. The lowest BCUT2D eigenvalue weighted by molar-refractivity contribution is -0.124. The highest BCUT2D eigenvalue weighted by atomic mass is 35.5. The molecule has 18 heavy (non-hydrogen) atoms. The van der Waals surface area contributed by atoms with Crippen LogP contribution in [0.3, 0.4) is 0 Å². The second-order valence-corrected chi connectivity index (χ2v) is 5.53. The van der Waals surface area contributed by atoms with Crippen molar-refractivity contribution in [2.24, 2.45) is 0 Å². The summed E-state index contributed by atoms with van der Waals surface area (Å²) in [5, 5.41) is 0. The predicted molar refractivity (Wildman–Crippen MR) is 78.3 cm³/mol. The number of carbonyl (C=O) groups excluding carboxylic acids is 1. The standard InChI is InChI=1S/C15H27ClO2/c1-4-5-6-7-10-14(17)13-15(2,3)18-12-9-8-11-16/h8-9H,4-7,10-13H2,1-3H3/b9-8+. The van der Waals surface area contributed by atoms with E-state index in [1.54, 1.807) is 0 Å². The molecule has 0 aromatic rings. The summed E-state index contributed by atoms with van der Waals surface area (Å²) in [6.07, 6.45) is 9.51. The molecule has 0 rings (SSSR count). The Balaban J connectivity index is 3.77. The summed E-state index contributed by atoms with van der Waals surface area (Å²) in [5.74, 6) is 0.803. The molecule has 0 aromatic heterocycles. The van der Waals surface area contributed by atoms with Gasteiger partial charge in [0.25, 0.3) is 0 Å². The summed E-state index contributed by atoms with van der Waals surface area (Å²) in [6, 6.07) is 0. The number of allylic oxidation sites excluding steroid dienone is 1. The Morgan fingerprint density at radius 1 is 1.22 bits per heavy atom. The summed E-state index contributed by atoms with van der Waals surface area (Å²) < 4.78 is 5.66. The van der Waals surface area contributed by atoms with Crippen LogP contribution in [0, 0.1) is 0 Å². The Bertz CT molecular complexity index is 247. The molecule has 0 radical (unpaired) electrons. The van der Waals surface area contributed by atoms with E-state index in [4.69, 9.17) is 16.3 Å². The maximum absolute atomic E-state index is 11.8. The van der Waals surface area contributed by atoms with Crippen molar-refractivity contribution in [3.8, 4) is 0 Å². The molecule has 0 aliphatic heterocycles. The van der Waals surface area contributed by atoms with Gasteiger partial charge < -0.3 is 4.74 Å². The van der Waals surface area contributed by atoms with Crippen LogP contribution in [0.5, 0.6) is 0 Å². The molecule has 0 aromatic carbocycles. The number of rotatable bonds is 11. The Hall–Kier alpha value is -0.340. The van der Waals surface area contributed by atoms with Gasteiger partial charge in [-0.2, -0.15) is 0 Å². The number of halogens is 1. The molecule has 0 heterocycles. The van der Waals surface area contributed by atoms with Crippen LogP contribution in [0.25, 0.3) is 0 Å². The van der Waals surface area contributed by atoms with Crippen LogP contribution in [0.1, 0.15) is 59.3 Å². The van der Waals surface area contributed by atoms with Crippen LogP contribution in [-0.4, -0.2) is 23.9 Å². The first-order valence-corrected chi connectivity index (χ1v) is 7.42. The van der Waals surface area contributed by atoms with Crippen LogP contribution in [0.15, 0.2) is 12.2 Å². The van der Waals surface area contributed by atoms with E-state index in [1.807, 2.05) is 26.0 Å². The molecule has 106 valence electrons. The van der Waals surface area contributed by atoms with Crippen molar-refractivity contribution in [3.63, 3.8) is 0 Å². The van der Waals surface area contributed by atoms with Gasteiger partial charge in [0, 0.05) is 18.7 Å². The van der Waals surface area contributed by atoms with Gasteiger partial charge in [0.2, 0.25) is 0 Å². The van der Waals surface area contributed by atoms with Gasteiger partial charge in [-0.1, -0.05) is 38.3 Å². The van der Waals surface area contributed by atoms with Crippen LogP contribution >= 0.6 is 11.6 Å². The van der Waals surface area contributed by atoms with Gasteiger partial charge in [0.05, 0.1) is 12.2 Å². The molecule has 0 N–H and O–H groups in total. The third kappa shape index (κ3) is 10.8. The van der Waals surface area contributed by atoms with Crippen molar-refractivity contribution >= 4 is 17.4 Å². The highest BCUT2D eigenvalue weighted by Gasteiger charge is 2.21. The van der Waals surface area contributed by atoms with E-state index in [1.165, 1.54) is 12.8 Å². The Morgan fingerprint density at radius 3 is 2.56 bits per heavy atom. The zero-order chi connectivity index (χ0) is 13.9. The number of alkyl halides is 1. The minimum Gasteiger partial charge on any atom is -0.371 e. The summed E-state index contributed by atoms with van der Waals surface area (Å²) >= 11 is 5.52. The molecule has 0 bridgehead atoms. The van der Waals surface area contributed by atoms with Crippen LogP contribution in [0.4, 0.5) is 0 Å². The van der Waals surface area contributed by atoms with Crippen molar-refractivity contribution in [1.29, 1.82) is 0 Å². The minimum atomic E-state index is -0.376. The Morgan fingerprint density at radius 2 is 1.94 bits per heavy atom. The van der Waals surface area contributed by atoms with Crippen molar-refractivity contribution in [2.45, 2.75) is 64.9 Å². The smallest absolute Gasteiger partial charge is 0.135 e. The van der Waals surface area contributed by atoms with Crippen molar-refractivity contribution in [2.75, 3.05) is 12.5 Å². The number of ether oxygens (including phenoxy) is 1. The maximum Gasteiger partial charge on any atom is 0.135 e. The molecular formula is C15H27ClO2. The fourth-order valence-electron chi connectivity index (χ4n) is 1.77. The van der Waals surface area contributed by atoms with Gasteiger partial charge in [-0.15, -0.1) is 11.6 Å². The van der Waals surface area contributed by atoms with Gasteiger partial charge in [0.15, 0.2) is 0 Å². The van der Waals surface area contributed by atoms with E-state index in [0.717, 1.165) is 12.8 Å².